The summed E-state index contributed by atoms with van der Waals surface area (Å²) in [6.07, 6.45) is -5.50. The molecule has 0 radical (unpaired) electrons. The Hall–Kier alpha value is -3.42. The average Bonchev–Trinajstić information content (AvgIpc) is 2.90. The van der Waals surface area contributed by atoms with Crippen molar-refractivity contribution in [2.75, 3.05) is 18.6 Å². The Morgan fingerprint density at radius 2 is 1.74 bits per heavy atom. The van der Waals surface area contributed by atoms with Crippen molar-refractivity contribution in [3.63, 3.8) is 0 Å². The number of ketones is 1. The van der Waals surface area contributed by atoms with Crippen molar-refractivity contribution in [1.82, 2.24) is 0 Å². The van der Waals surface area contributed by atoms with E-state index in [0.717, 1.165) is 12.1 Å². The number of amides is 1. The molecule has 11 heteroatoms. The van der Waals surface area contributed by atoms with Gasteiger partial charge in [0.2, 0.25) is 5.67 Å². The number of para-hydroxylation sites is 1. The van der Waals surface area contributed by atoms with Gasteiger partial charge in [0.25, 0.3) is 5.91 Å². The predicted molar refractivity (Wildman–Crippen MR) is 145 cm³/mol. The topological polar surface area (TPSA) is 51.0 Å². The zero-order valence-corrected chi connectivity index (χ0v) is 23.3. The lowest BCUT2D eigenvalue weighted by atomic mass is 9.94. The summed E-state index contributed by atoms with van der Waals surface area (Å²) < 4.78 is 59.6. The summed E-state index contributed by atoms with van der Waals surface area (Å²) in [5.41, 5.74) is -3.04. The lowest BCUT2D eigenvalue weighted by Gasteiger charge is -2.25. The van der Waals surface area contributed by atoms with E-state index in [2.05, 4.69) is 20.8 Å². The van der Waals surface area contributed by atoms with Crippen LogP contribution in [0, 0.1) is 6.57 Å². The number of Topliss-reactive ketones (excluding diaryl/α,β-unsaturated/α-hetero) is 1. The molecule has 0 saturated carbocycles. The summed E-state index contributed by atoms with van der Waals surface area (Å²) in [5, 5.41) is -0.218. The Labute approximate surface area is 236 Å². The number of alkyl halides is 4. The second kappa shape index (κ2) is 11.8. The number of hydrogen-bond acceptors (Lipinski definition) is 3. The molecule has 39 heavy (non-hydrogen) atoms. The highest BCUT2D eigenvalue weighted by molar-refractivity contribution is 9.10. The summed E-state index contributed by atoms with van der Waals surface area (Å²) in [6, 6.07) is 12.6. The van der Waals surface area contributed by atoms with Gasteiger partial charge in [0.05, 0.1) is 24.9 Å². The number of anilines is 1. The van der Waals surface area contributed by atoms with E-state index in [1.165, 1.54) is 42.3 Å². The normalized spacial score (nSPS) is 12.8. The molecule has 0 aromatic heterocycles. The molecule has 0 aliphatic heterocycles. The standard InChI is InChI=1S/C28H22BrClF4N2O3/c1-5-36(26(38)16-9-11-18(35-3)12-10-16)23-8-6-7-19(25(23)39-4)24(37)15-20-21(29)13-17(14-22(20)30)27(2,31)28(32,33)34/h6-14H,5,15H2,1-2,4H3. The fourth-order valence-corrected chi connectivity index (χ4v) is 4.89. The summed E-state index contributed by atoms with van der Waals surface area (Å²) in [7, 11) is 1.34. The molecular weight excluding hydrogens is 604 g/mol. The van der Waals surface area contributed by atoms with E-state index in [-0.39, 0.29) is 45.2 Å². The van der Waals surface area contributed by atoms with E-state index in [9.17, 15) is 27.2 Å². The van der Waals surface area contributed by atoms with Crippen LogP contribution in [0.2, 0.25) is 5.02 Å². The van der Waals surface area contributed by atoms with Crippen molar-refractivity contribution in [2.45, 2.75) is 32.1 Å². The minimum absolute atomic E-state index is 0.0369. The number of rotatable bonds is 8. The molecule has 5 nitrogen and oxygen atoms in total. The highest BCUT2D eigenvalue weighted by Gasteiger charge is 2.53. The molecule has 3 aromatic rings. The zero-order valence-electron chi connectivity index (χ0n) is 21.0. The predicted octanol–water partition coefficient (Wildman–Crippen LogP) is 8.50. The molecule has 1 unspecified atom stereocenters. The van der Waals surface area contributed by atoms with Gasteiger partial charge in [-0.2, -0.15) is 13.2 Å². The first kappa shape index (κ1) is 30.1. The lowest BCUT2D eigenvalue weighted by molar-refractivity contribution is -0.228. The first-order valence-electron chi connectivity index (χ1n) is 11.5. The highest BCUT2D eigenvalue weighted by atomic mass is 79.9. The SMILES string of the molecule is [C-]#[N+]c1ccc(C(=O)N(CC)c2cccc(C(=O)Cc3c(Cl)cc(C(C)(F)C(F)(F)F)cc3Br)c2OC)cc1. The molecular formula is C28H22BrClF4N2O3. The molecule has 0 saturated heterocycles. The van der Waals surface area contributed by atoms with Gasteiger partial charge in [-0.25, -0.2) is 9.24 Å². The number of carbonyl (C=O) groups is 2. The smallest absolute Gasteiger partial charge is 0.426 e. The van der Waals surface area contributed by atoms with Crippen LogP contribution in [0.25, 0.3) is 4.85 Å². The molecule has 0 N–H and O–H groups in total. The second-order valence-electron chi connectivity index (χ2n) is 8.59. The van der Waals surface area contributed by atoms with Crippen molar-refractivity contribution < 1.29 is 31.9 Å². The van der Waals surface area contributed by atoms with Crippen molar-refractivity contribution in [3.8, 4) is 5.75 Å². The van der Waals surface area contributed by atoms with Crippen LogP contribution in [0.15, 0.2) is 59.1 Å². The molecule has 0 heterocycles. The molecule has 3 rings (SSSR count). The molecule has 0 aliphatic carbocycles. The van der Waals surface area contributed by atoms with Crippen LogP contribution in [-0.2, 0) is 12.1 Å². The maximum atomic E-state index is 14.5. The minimum Gasteiger partial charge on any atom is -0.494 e. The Morgan fingerprint density at radius 3 is 2.26 bits per heavy atom. The highest BCUT2D eigenvalue weighted by Crippen LogP contribution is 2.44. The Morgan fingerprint density at radius 1 is 1.10 bits per heavy atom. The van der Waals surface area contributed by atoms with Crippen molar-refractivity contribution in [2.24, 2.45) is 0 Å². The largest absolute Gasteiger partial charge is 0.494 e. The van der Waals surface area contributed by atoms with Gasteiger partial charge in [0.15, 0.2) is 17.2 Å². The third kappa shape index (κ3) is 6.10. The van der Waals surface area contributed by atoms with E-state index in [1.54, 1.807) is 19.1 Å². The van der Waals surface area contributed by atoms with E-state index in [4.69, 9.17) is 22.9 Å². The second-order valence-corrected chi connectivity index (χ2v) is 9.85. The third-order valence-electron chi connectivity index (χ3n) is 6.15. The van der Waals surface area contributed by atoms with Gasteiger partial charge in [-0.05, 0) is 43.7 Å². The molecule has 3 aromatic carbocycles. The molecule has 1 atom stereocenters. The van der Waals surface area contributed by atoms with Crippen LogP contribution in [0.3, 0.4) is 0 Å². The summed E-state index contributed by atoms with van der Waals surface area (Å²) >= 11 is 9.34. The van der Waals surface area contributed by atoms with E-state index in [0.29, 0.717) is 23.9 Å². The fraction of sp³-hybridized carbons (Fsp3) is 0.250. The van der Waals surface area contributed by atoms with Crippen LogP contribution in [0.4, 0.5) is 28.9 Å². The Balaban J connectivity index is 1.98. The zero-order chi connectivity index (χ0) is 29.1. The molecule has 1 amide bonds. The average molecular weight is 626 g/mol. The van der Waals surface area contributed by atoms with Gasteiger partial charge in [-0.1, -0.05) is 57.9 Å². The van der Waals surface area contributed by atoms with Crippen LogP contribution in [-0.4, -0.2) is 31.5 Å². The molecule has 0 aliphatic rings. The van der Waals surface area contributed by atoms with Gasteiger partial charge in [0.1, 0.15) is 0 Å². The van der Waals surface area contributed by atoms with Crippen molar-refractivity contribution >= 4 is 50.6 Å². The summed E-state index contributed by atoms with van der Waals surface area (Å²) in [4.78, 5) is 31.4. The molecule has 0 fully saturated rings. The van der Waals surface area contributed by atoms with Crippen molar-refractivity contribution in [3.05, 3.63) is 97.8 Å². The molecule has 204 valence electrons. The summed E-state index contributed by atoms with van der Waals surface area (Å²) in [6.45, 7) is 9.45. The number of nitrogens with zero attached hydrogens (tertiary/aromatic N) is 2. The van der Waals surface area contributed by atoms with Gasteiger partial charge in [-0.3, -0.25) is 9.59 Å². The van der Waals surface area contributed by atoms with Gasteiger partial charge in [0, 0.05) is 33.6 Å². The number of halogens is 6. The van der Waals surface area contributed by atoms with Crippen LogP contribution < -0.4 is 9.64 Å². The number of carbonyl (C=O) groups excluding carboxylic acids is 2. The number of methoxy groups -OCH3 is 1. The van der Waals surface area contributed by atoms with Crippen LogP contribution in [0.5, 0.6) is 5.75 Å². The van der Waals surface area contributed by atoms with Crippen molar-refractivity contribution in [1.29, 1.82) is 0 Å². The fourth-order valence-electron chi connectivity index (χ4n) is 3.89. The lowest BCUT2D eigenvalue weighted by Crippen LogP contribution is -2.35. The first-order valence-corrected chi connectivity index (χ1v) is 12.7. The number of ether oxygens (including phenoxy) is 1. The minimum atomic E-state index is -5.16. The molecule has 0 spiro atoms. The molecule has 0 bridgehead atoms. The Kier molecular flexibility index (Phi) is 9.08. The monoisotopic (exact) mass is 624 g/mol. The first-order chi connectivity index (χ1) is 18.3. The van der Waals surface area contributed by atoms with Gasteiger partial charge < -0.3 is 9.64 Å². The van der Waals surface area contributed by atoms with Gasteiger partial charge >= 0.3 is 6.18 Å². The number of benzene rings is 3. The maximum absolute atomic E-state index is 14.5. The van der Waals surface area contributed by atoms with Gasteiger partial charge in [-0.15, -0.1) is 0 Å². The maximum Gasteiger partial charge on any atom is 0.426 e. The van der Waals surface area contributed by atoms with E-state index in [1.807, 2.05) is 0 Å². The summed E-state index contributed by atoms with van der Waals surface area (Å²) in [5.74, 6) is -0.752. The van der Waals surface area contributed by atoms with E-state index < -0.39 is 23.2 Å². The Bertz CT molecular complexity index is 1430. The van der Waals surface area contributed by atoms with E-state index >= 15 is 0 Å². The third-order valence-corrected chi connectivity index (χ3v) is 7.19. The van der Waals surface area contributed by atoms with Crippen LogP contribution in [0.1, 0.15) is 45.7 Å². The van der Waals surface area contributed by atoms with Crippen LogP contribution >= 0.6 is 27.5 Å². The quantitative estimate of drug-likeness (QED) is 0.143. The number of hydrogen-bond donors (Lipinski definition) is 0.